The summed E-state index contributed by atoms with van der Waals surface area (Å²) in [5, 5.41) is 3.01. The van der Waals surface area contributed by atoms with Crippen LogP contribution in [0.4, 0.5) is 0 Å². The second kappa shape index (κ2) is 6.78. The van der Waals surface area contributed by atoms with Crippen molar-refractivity contribution in [2.45, 2.75) is 39.8 Å². The molecular weight excluding hydrogens is 326 g/mol. The van der Waals surface area contributed by atoms with Crippen LogP contribution in [0.2, 0.25) is 0 Å². The number of nitrogens with one attached hydrogen (secondary N) is 1. The Hall–Kier alpha value is -2.89. The molecule has 6 nitrogen and oxygen atoms in total. The molecule has 1 saturated carbocycles. The minimum absolute atomic E-state index is 0.0289. The lowest BCUT2D eigenvalue weighted by molar-refractivity contribution is 0.0950. The molecule has 3 aromatic rings. The molecule has 3 heterocycles. The van der Waals surface area contributed by atoms with Gasteiger partial charge in [-0.15, -0.1) is 0 Å². The summed E-state index contributed by atoms with van der Waals surface area (Å²) >= 11 is 0. The Morgan fingerprint density at radius 2 is 2.15 bits per heavy atom. The number of aryl methyl sites for hydroxylation is 1. The lowest BCUT2D eigenvalue weighted by Gasteiger charge is -2.09. The molecule has 4 rings (SSSR count). The number of rotatable bonds is 6. The van der Waals surface area contributed by atoms with Gasteiger partial charge < -0.3 is 9.88 Å². The van der Waals surface area contributed by atoms with Crippen LogP contribution in [0.5, 0.6) is 0 Å². The van der Waals surface area contributed by atoms with E-state index in [0.29, 0.717) is 6.54 Å². The van der Waals surface area contributed by atoms with Gasteiger partial charge >= 0.3 is 0 Å². The van der Waals surface area contributed by atoms with E-state index in [-0.39, 0.29) is 5.91 Å². The van der Waals surface area contributed by atoms with Crippen LogP contribution in [0, 0.1) is 19.8 Å². The van der Waals surface area contributed by atoms with E-state index in [1.54, 1.807) is 18.7 Å². The largest absolute Gasteiger partial charge is 0.348 e. The van der Waals surface area contributed by atoms with Crippen molar-refractivity contribution in [2.24, 2.45) is 5.92 Å². The van der Waals surface area contributed by atoms with Crippen molar-refractivity contribution in [3.05, 3.63) is 65.6 Å². The van der Waals surface area contributed by atoms with Crippen molar-refractivity contribution in [3.8, 4) is 5.82 Å². The summed E-state index contributed by atoms with van der Waals surface area (Å²) in [6.45, 7) is 5.60. The maximum absolute atomic E-state index is 12.6. The first-order chi connectivity index (χ1) is 12.6. The van der Waals surface area contributed by atoms with Crippen LogP contribution in [-0.2, 0) is 13.1 Å². The summed E-state index contributed by atoms with van der Waals surface area (Å²) in [7, 11) is 0. The zero-order chi connectivity index (χ0) is 18.1. The fourth-order valence-corrected chi connectivity index (χ4v) is 3.22. The van der Waals surface area contributed by atoms with Crippen LogP contribution in [0.15, 0.2) is 43.1 Å². The molecule has 0 atom stereocenters. The first kappa shape index (κ1) is 16.6. The highest BCUT2D eigenvalue weighted by atomic mass is 16.1. The molecule has 0 aliphatic heterocycles. The smallest absolute Gasteiger partial charge is 0.253 e. The minimum Gasteiger partial charge on any atom is -0.348 e. The number of aromatic nitrogens is 4. The summed E-state index contributed by atoms with van der Waals surface area (Å²) in [5.41, 5.74) is 3.95. The molecule has 6 heteroatoms. The van der Waals surface area contributed by atoms with E-state index in [2.05, 4.69) is 26.8 Å². The van der Waals surface area contributed by atoms with E-state index < -0.39 is 0 Å². The van der Waals surface area contributed by atoms with Crippen molar-refractivity contribution in [3.63, 3.8) is 0 Å². The van der Waals surface area contributed by atoms with Crippen LogP contribution in [0.25, 0.3) is 5.82 Å². The first-order valence-electron chi connectivity index (χ1n) is 9.00. The predicted octanol–water partition coefficient (Wildman–Crippen LogP) is 3.03. The number of nitrogens with zero attached hydrogens (tertiary/aromatic N) is 4. The van der Waals surface area contributed by atoms with Crippen molar-refractivity contribution in [1.82, 2.24) is 24.4 Å². The van der Waals surface area contributed by atoms with Crippen molar-refractivity contribution >= 4 is 5.91 Å². The maximum Gasteiger partial charge on any atom is 0.253 e. The number of carbonyl (C=O) groups is 1. The van der Waals surface area contributed by atoms with Crippen LogP contribution in [0.1, 0.15) is 40.2 Å². The van der Waals surface area contributed by atoms with E-state index in [9.17, 15) is 4.79 Å². The third-order valence-electron chi connectivity index (χ3n) is 4.99. The minimum atomic E-state index is -0.0289. The van der Waals surface area contributed by atoms with Gasteiger partial charge in [-0.1, -0.05) is 6.07 Å². The molecule has 0 bridgehead atoms. The fourth-order valence-electron chi connectivity index (χ4n) is 3.22. The molecule has 26 heavy (non-hydrogen) atoms. The number of pyridine rings is 1. The van der Waals surface area contributed by atoms with E-state index in [1.807, 2.05) is 35.9 Å². The van der Waals surface area contributed by atoms with Gasteiger partial charge in [-0.3, -0.25) is 9.36 Å². The molecule has 0 spiro atoms. The highest BCUT2D eigenvalue weighted by Gasteiger charge is 2.24. The summed E-state index contributed by atoms with van der Waals surface area (Å²) in [4.78, 5) is 21.0. The number of hydrogen-bond acceptors (Lipinski definition) is 3. The van der Waals surface area contributed by atoms with Gasteiger partial charge in [-0.2, -0.15) is 0 Å². The Kier molecular flexibility index (Phi) is 4.32. The molecule has 0 unspecified atom stereocenters. The van der Waals surface area contributed by atoms with E-state index in [4.69, 9.17) is 0 Å². The Bertz CT molecular complexity index is 905. The number of carbonyl (C=O) groups excluding carboxylic acids is 1. The lowest BCUT2D eigenvalue weighted by Crippen LogP contribution is -2.23. The number of imidazole rings is 1. The van der Waals surface area contributed by atoms with Gasteiger partial charge in [0.2, 0.25) is 0 Å². The molecule has 1 amide bonds. The van der Waals surface area contributed by atoms with Crippen LogP contribution >= 0.6 is 0 Å². The molecule has 1 fully saturated rings. The monoisotopic (exact) mass is 349 g/mol. The Labute approximate surface area is 152 Å². The van der Waals surface area contributed by atoms with E-state index in [0.717, 1.165) is 40.8 Å². The van der Waals surface area contributed by atoms with Crippen molar-refractivity contribution < 1.29 is 4.79 Å². The van der Waals surface area contributed by atoms with Gasteiger partial charge in [0.15, 0.2) is 0 Å². The molecule has 0 saturated heterocycles. The molecule has 0 radical (unpaired) electrons. The van der Waals surface area contributed by atoms with Gasteiger partial charge in [-0.05, 0) is 50.3 Å². The first-order valence-corrected chi connectivity index (χ1v) is 9.00. The molecule has 134 valence electrons. The van der Waals surface area contributed by atoms with Crippen molar-refractivity contribution in [2.75, 3.05) is 0 Å². The second-order valence-electron chi connectivity index (χ2n) is 7.02. The van der Waals surface area contributed by atoms with Crippen molar-refractivity contribution in [1.29, 1.82) is 0 Å². The molecule has 1 N–H and O–H groups in total. The average molecular weight is 349 g/mol. The second-order valence-corrected chi connectivity index (χ2v) is 7.02. The summed E-state index contributed by atoms with van der Waals surface area (Å²) in [5.74, 6) is 1.57. The Balaban J connectivity index is 1.41. The van der Waals surface area contributed by atoms with E-state index in [1.165, 1.54) is 12.8 Å². The highest BCUT2D eigenvalue weighted by Crippen LogP contribution is 2.32. The van der Waals surface area contributed by atoms with Gasteiger partial charge in [0.1, 0.15) is 12.1 Å². The molecule has 1 aliphatic carbocycles. The van der Waals surface area contributed by atoms with Gasteiger partial charge in [0.25, 0.3) is 5.91 Å². The normalized spacial score (nSPS) is 13.8. The zero-order valence-corrected chi connectivity index (χ0v) is 15.1. The highest BCUT2D eigenvalue weighted by molar-refractivity contribution is 5.95. The molecule has 0 aromatic carbocycles. The molecule has 3 aromatic heterocycles. The molecule has 1 aliphatic rings. The van der Waals surface area contributed by atoms with E-state index >= 15 is 0 Å². The zero-order valence-electron chi connectivity index (χ0n) is 15.1. The fraction of sp³-hybridized carbons (Fsp3) is 0.350. The topological polar surface area (TPSA) is 64.7 Å². The maximum atomic E-state index is 12.6. The summed E-state index contributed by atoms with van der Waals surface area (Å²) in [6.07, 6.45) is 9.67. The Morgan fingerprint density at radius 1 is 1.31 bits per heavy atom. The summed E-state index contributed by atoms with van der Waals surface area (Å²) < 4.78 is 4.12. The van der Waals surface area contributed by atoms with Gasteiger partial charge in [0, 0.05) is 43.1 Å². The van der Waals surface area contributed by atoms with Crippen LogP contribution in [0.3, 0.4) is 0 Å². The third-order valence-corrected chi connectivity index (χ3v) is 4.99. The van der Waals surface area contributed by atoms with Crippen LogP contribution < -0.4 is 5.32 Å². The number of hydrogen-bond donors (Lipinski definition) is 1. The van der Waals surface area contributed by atoms with Gasteiger partial charge in [0.05, 0.1) is 5.56 Å². The Morgan fingerprint density at radius 3 is 2.81 bits per heavy atom. The SMILES string of the molecule is Cc1cc(C(=O)NCc2ccc(-n3ccnc3)nc2)c(C)n1CC1CC1. The third kappa shape index (κ3) is 3.40. The average Bonchev–Trinajstić information content (AvgIpc) is 3.22. The van der Waals surface area contributed by atoms with Crippen LogP contribution in [-0.4, -0.2) is 25.0 Å². The quantitative estimate of drug-likeness (QED) is 0.744. The standard InChI is InChI=1S/C20H23N5O/c1-14-9-18(15(2)25(14)12-16-3-4-16)20(26)23-11-17-5-6-19(22-10-17)24-8-7-21-13-24/h5-10,13,16H,3-4,11-12H2,1-2H3,(H,23,26). The predicted molar refractivity (Wildman–Crippen MR) is 99.2 cm³/mol. The number of amides is 1. The van der Waals surface area contributed by atoms with Gasteiger partial charge in [-0.25, -0.2) is 9.97 Å². The summed E-state index contributed by atoms with van der Waals surface area (Å²) in [6, 6.07) is 5.89. The lowest BCUT2D eigenvalue weighted by atomic mass is 10.2. The molecular formula is C20H23N5O.